The zero-order valence-electron chi connectivity index (χ0n) is 9.72. The van der Waals surface area contributed by atoms with E-state index in [2.05, 4.69) is 4.98 Å². The smallest absolute Gasteiger partial charge is 0.417 e. The summed E-state index contributed by atoms with van der Waals surface area (Å²) < 4.78 is 38.5. The van der Waals surface area contributed by atoms with Gasteiger partial charge in [0.25, 0.3) is 5.56 Å². The Morgan fingerprint density at radius 2 is 2.10 bits per heavy atom. The number of alkyl halides is 3. The Balaban J connectivity index is 2.32. The predicted molar refractivity (Wildman–Crippen MR) is 63.9 cm³/mol. The van der Waals surface area contributed by atoms with Crippen LogP contribution in [0.4, 0.5) is 13.2 Å². The van der Waals surface area contributed by atoms with Crippen molar-refractivity contribution in [2.45, 2.75) is 12.7 Å². The van der Waals surface area contributed by atoms with Crippen LogP contribution in [0, 0.1) is 0 Å². The Morgan fingerprint density at radius 3 is 2.65 bits per heavy atom. The Morgan fingerprint density at radius 1 is 1.40 bits per heavy atom. The molecule has 5 nitrogen and oxygen atoms in total. The van der Waals surface area contributed by atoms with Gasteiger partial charge >= 0.3 is 12.1 Å². The molecule has 1 N–H and O–H groups in total. The molecule has 0 unspecified atom stereocenters. The fraction of sp³-hybridized carbons (Fsp3) is 0.182. The summed E-state index contributed by atoms with van der Waals surface area (Å²) in [6.07, 6.45) is -3.87. The predicted octanol–water partition coefficient (Wildman–Crippen LogP) is 2.07. The van der Waals surface area contributed by atoms with E-state index >= 15 is 0 Å². The summed E-state index contributed by atoms with van der Waals surface area (Å²) in [4.78, 5) is 25.9. The monoisotopic (exact) mass is 304 g/mol. The molecule has 2 heterocycles. The van der Waals surface area contributed by atoms with E-state index in [1.54, 1.807) is 0 Å². The number of hydrogen-bond donors (Lipinski definition) is 1. The van der Waals surface area contributed by atoms with E-state index in [4.69, 9.17) is 5.11 Å². The molecule has 0 aromatic carbocycles. The van der Waals surface area contributed by atoms with Crippen molar-refractivity contribution in [2.24, 2.45) is 0 Å². The maximum absolute atomic E-state index is 12.5. The van der Waals surface area contributed by atoms with Crippen LogP contribution in [0.3, 0.4) is 0 Å². The molecule has 0 aliphatic carbocycles. The SMILES string of the molecule is O=C(O)c1nc(Cn2cc(C(F)(F)F)ccc2=O)cs1. The van der Waals surface area contributed by atoms with Gasteiger partial charge in [-0.05, 0) is 6.07 Å². The second kappa shape index (κ2) is 5.08. The molecule has 2 aromatic heterocycles. The van der Waals surface area contributed by atoms with Crippen LogP contribution in [0.5, 0.6) is 0 Å². The van der Waals surface area contributed by atoms with Gasteiger partial charge in [0.1, 0.15) is 0 Å². The summed E-state index contributed by atoms with van der Waals surface area (Å²) in [6, 6.07) is 1.51. The highest BCUT2D eigenvalue weighted by Gasteiger charge is 2.31. The van der Waals surface area contributed by atoms with E-state index in [9.17, 15) is 22.8 Å². The number of thiazole rings is 1. The van der Waals surface area contributed by atoms with Crippen molar-refractivity contribution >= 4 is 17.3 Å². The first kappa shape index (κ1) is 14.3. The van der Waals surface area contributed by atoms with Crippen LogP contribution >= 0.6 is 11.3 Å². The van der Waals surface area contributed by atoms with Crippen molar-refractivity contribution in [1.29, 1.82) is 0 Å². The number of carboxylic acids is 1. The molecule has 0 saturated carbocycles. The summed E-state index contributed by atoms with van der Waals surface area (Å²) in [5, 5.41) is 9.90. The van der Waals surface area contributed by atoms with Gasteiger partial charge in [-0.3, -0.25) is 4.79 Å². The van der Waals surface area contributed by atoms with Crippen LogP contribution in [0.25, 0.3) is 0 Å². The van der Waals surface area contributed by atoms with Crippen LogP contribution in [0.1, 0.15) is 21.1 Å². The third-order valence-electron chi connectivity index (χ3n) is 2.38. The van der Waals surface area contributed by atoms with Gasteiger partial charge in [0.2, 0.25) is 5.01 Å². The van der Waals surface area contributed by atoms with Crippen LogP contribution in [-0.2, 0) is 12.7 Å². The minimum absolute atomic E-state index is 0.181. The molecule has 20 heavy (non-hydrogen) atoms. The van der Waals surface area contributed by atoms with Crippen molar-refractivity contribution < 1.29 is 23.1 Å². The maximum Gasteiger partial charge on any atom is 0.417 e. The molecule has 0 atom stereocenters. The van der Waals surface area contributed by atoms with Gasteiger partial charge in [0.15, 0.2) is 0 Å². The third-order valence-corrected chi connectivity index (χ3v) is 3.26. The number of hydrogen-bond acceptors (Lipinski definition) is 4. The zero-order valence-corrected chi connectivity index (χ0v) is 10.5. The van der Waals surface area contributed by atoms with Crippen molar-refractivity contribution in [1.82, 2.24) is 9.55 Å². The summed E-state index contributed by atoms with van der Waals surface area (Å²) >= 11 is 0.844. The van der Waals surface area contributed by atoms with E-state index in [0.29, 0.717) is 12.3 Å². The second-order valence-corrected chi connectivity index (χ2v) is 4.69. The van der Waals surface area contributed by atoms with Gasteiger partial charge in [0.05, 0.1) is 17.8 Å². The molecule has 0 amide bonds. The molecule has 106 valence electrons. The molecule has 2 aromatic rings. The number of rotatable bonds is 3. The number of aromatic carboxylic acids is 1. The van der Waals surface area contributed by atoms with Gasteiger partial charge in [-0.1, -0.05) is 0 Å². The first-order valence-corrected chi connectivity index (χ1v) is 6.11. The molecule has 0 radical (unpaired) electrons. The zero-order chi connectivity index (χ0) is 14.9. The van der Waals surface area contributed by atoms with Gasteiger partial charge < -0.3 is 9.67 Å². The average Bonchev–Trinajstić information content (AvgIpc) is 2.79. The third kappa shape index (κ3) is 3.05. The van der Waals surface area contributed by atoms with Gasteiger partial charge in [-0.25, -0.2) is 9.78 Å². The Bertz CT molecular complexity index is 705. The lowest BCUT2D eigenvalue weighted by molar-refractivity contribution is -0.138. The summed E-state index contributed by atoms with van der Waals surface area (Å²) in [6.45, 7) is -0.216. The van der Waals surface area contributed by atoms with E-state index < -0.39 is 23.3 Å². The number of nitrogens with zero attached hydrogens (tertiary/aromatic N) is 2. The Kier molecular flexibility index (Phi) is 3.62. The molecule has 9 heteroatoms. The second-order valence-electron chi connectivity index (χ2n) is 3.83. The first-order valence-electron chi connectivity index (χ1n) is 5.23. The normalized spacial score (nSPS) is 11.6. The number of carboxylic acid groups (broad SMARTS) is 1. The van der Waals surface area contributed by atoms with Crippen molar-refractivity contribution in [3.63, 3.8) is 0 Å². The average molecular weight is 304 g/mol. The molecule has 0 spiro atoms. The van der Waals surface area contributed by atoms with Crippen LogP contribution in [0.15, 0.2) is 28.5 Å². The standard InChI is InChI=1S/C11H7F3N2O3S/c12-11(13,14)6-1-2-8(17)16(3-6)4-7-5-20-9(15-7)10(18)19/h1-3,5H,4H2,(H,18,19). The number of pyridine rings is 1. The molecular weight excluding hydrogens is 297 g/mol. The van der Waals surface area contributed by atoms with Crippen molar-refractivity contribution in [2.75, 3.05) is 0 Å². The highest BCUT2D eigenvalue weighted by molar-refractivity contribution is 7.11. The topological polar surface area (TPSA) is 72.2 Å². The van der Waals surface area contributed by atoms with Crippen molar-refractivity contribution in [3.8, 4) is 0 Å². The first-order chi connectivity index (χ1) is 9.27. The molecule has 0 fully saturated rings. The lowest BCUT2D eigenvalue weighted by Gasteiger charge is -2.09. The summed E-state index contributed by atoms with van der Waals surface area (Å²) in [7, 11) is 0. The van der Waals surface area contributed by atoms with Gasteiger partial charge in [-0.15, -0.1) is 11.3 Å². The van der Waals surface area contributed by atoms with E-state index in [-0.39, 0.29) is 17.2 Å². The lowest BCUT2D eigenvalue weighted by Crippen LogP contribution is -2.22. The summed E-state index contributed by atoms with van der Waals surface area (Å²) in [5.74, 6) is -1.22. The van der Waals surface area contributed by atoms with E-state index in [0.717, 1.165) is 22.0 Å². The number of aromatic nitrogens is 2. The van der Waals surface area contributed by atoms with E-state index in [1.165, 1.54) is 5.38 Å². The van der Waals surface area contributed by atoms with Crippen LogP contribution in [0.2, 0.25) is 0 Å². The Labute approximate surface area is 113 Å². The summed E-state index contributed by atoms with van der Waals surface area (Å²) in [5.41, 5.74) is -1.36. The van der Waals surface area contributed by atoms with Gasteiger partial charge in [0, 0.05) is 17.6 Å². The molecule has 2 rings (SSSR count). The fourth-order valence-electron chi connectivity index (χ4n) is 1.47. The highest BCUT2D eigenvalue weighted by Crippen LogP contribution is 2.28. The number of halogens is 3. The van der Waals surface area contributed by atoms with Crippen LogP contribution in [-0.4, -0.2) is 20.6 Å². The van der Waals surface area contributed by atoms with E-state index in [1.807, 2.05) is 0 Å². The maximum atomic E-state index is 12.5. The molecule has 0 saturated heterocycles. The van der Waals surface area contributed by atoms with Crippen molar-refractivity contribution in [3.05, 3.63) is 50.3 Å². The molecular formula is C11H7F3N2O3S. The molecule has 0 bridgehead atoms. The highest BCUT2D eigenvalue weighted by atomic mass is 32.1. The minimum atomic E-state index is -4.55. The minimum Gasteiger partial charge on any atom is -0.476 e. The molecule has 0 aliphatic heterocycles. The largest absolute Gasteiger partial charge is 0.476 e. The van der Waals surface area contributed by atoms with Crippen LogP contribution < -0.4 is 5.56 Å². The van der Waals surface area contributed by atoms with Gasteiger partial charge in [-0.2, -0.15) is 13.2 Å². The molecule has 0 aliphatic rings. The number of carbonyl (C=O) groups is 1. The quantitative estimate of drug-likeness (QED) is 0.942. The Hall–Kier alpha value is -2.16. The lowest BCUT2D eigenvalue weighted by atomic mass is 10.2. The fourth-order valence-corrected chi connectivity index (χ4v) is 2.12.